The van der Waals surface area contributed by atoms with Crippen molar-refractivity contribution in [1.29, 1.82) is 0 Å². The molecule has 0 saturated carbocycles. The zero-order valence-corrected chi connectivity index (χ0v) is 30.8. The Morgan fingerprint density at radius 1 is 0.457 bits per heavy atom. The van der Waals surface area contributed by atoms with E-state index in [0.29, 0.717) is 0 Å². The number of allylic oxidation sites excluding steroid dienone is 2. The normalized spacial score (nSPS) is 12.1. The molecule has 0 aliphatic carbocycles. The monoisotopic (exact) mass is 670 g/mol. The summed E-state index contributed by atoms with van der Waals surface area (Å²) in [6.07, 6.45) is 38.8. The number of hydrogen-bond acceptors (Lipinski definition) is 2. The summed E-state index contributed by atoms with van der Waals surface area (Å²) in [5.41, 5.74) is 4.08. The SMILES string of the molecule is CCCCCCCCCCCCCCCCCCCCCCCC=CC(=Nc1ccccc1)C(CCCC)=Nc1ccccc1.[Ni]. The minimum absolute atomic E-state index is 0. The van der Waals surface area contributed by atoms with E-state index in [1.54, 1.807) is 0 Å². The van der Waals surface area contributed by atoms with Crippen molar-refractivity contribution >= 4 is 22.8 Å². The number of benzene rings is 2. The fourth-order valence-electron chi connectivity index (χ4n) is 5.97. The molecule has 0 atom stereocenters. The molecule has 0 fully saturated rings. The number of para-hydroxylation sites is 2. The summed E-state index contributed by atoms with van der Waals surface area (Å²) in [6, 6.07) is 20.6. The summed E-state index contributed by atoms with van der Waals surface area (Å²) in [4.78, 5) is 10.1. The molecule has 2 nitrogen and oxygen atoms in total. The molecule has 0 aliphatic rings. The van der Waals surface area contributed by atoms with Crippen molar-refractivity contribution < 1.29 is 16.5 Å². The van der Waals surface area contributed by atoms with Gasteiger partial charge in [0, 0.05) is 16.5 Å². The predicted octanol–water partition coefficient (Wildman–Crippen LogP) is 14.9. The predicted molar refractivity (Wildman–Crippen MR) is 203 cm³/mol. The first-order valence-corrected chi connectivity index (χ1v) is 19.3. The molecule has 0 heterocycles. The van der Waals surface area contributed by atoms with Gasteiger partial charge in [-0.2, -0.15) is 0 Å². The van der Waals surface area contributed by atoms with Crippen LogP contribution in [0, 0.1) is 0 Å². The van der Waals surface area contributed by atoms with Gasteiger partial charge in [-0.25, -0.2) is 4.99 Å². The van der Waals surface area contributed by atoms with Gasteiger partial charge in [0.1, 0.15) is 0 Å². The van der Waals surface area contributed by atoms with Crippen molar-refractivity contribution in [3.8, 4) is 0 Å². The van der Waals surface area contributed by atoms with E-state index in [-0.39, 0.29) is 16.5 Å². The molecule has 0 unspecified atom stereocenters. The molecule has 0 amide bonds. The molecule has 0 spiro atoms. The number of unbranched alkanes of at least 4 members (excludes halogenated alkanes) is 22. The van der Waals surface area contributed by atoms with Crippen LogP contribution in [-0.2, 0) is 16.5 Å². The second-order valence-electron chi connectivity index (χ2n) is 13.1. The van der Waals surface area contributed by atoms with Crippen molar-refractivity contribution in [2.45, 2.75) is 174 Å². The van der Waals surface area contributed by atoms with Crippen LogP contribution < -0.4 is 0 Å². The van der Waals surface area contributed by atoms with Gasteiger partial charge in [0.15, 0.2) is 0 Å². The van der Waals surface area contributed by atoms with Gasteiger partial charge in [0.05, 0.1) is 22.8 Å². The summed E-state index contributed by atoms with van der Waals surface area (Å²) in [5, 5.41) is 0. The molecular formula is C43H68N2Ni. The van der Waals surface area contributed by atoms with Gasteiger partial charge in [-0.15, -0.1) is 0 Å². The van der Waals surface area contributed by atoms with Crippen LogP contribution in [-0.4, -0.2) is 11.4 Å². The zero-order chi connectivity index (χ0) is 31.9. The van der Waals surface area contributed by atoms with Crippen molar-refractivity contribution in [2.24, 2.45) is 9.98 Å². The second kappa shape index (κ2) is 31.6. The Hall–Kier alpha value is -1.99. The molecule has 0 N–H and O–H groups in total. The summed E-state index contributed by atoms with van der Waals surface area (Å²) in [5.74, 6) is 0. The van der Waals surface area contributed by atoms with Crippen molar-refractivity contribution in [3.05, 3.63) is 72.8 Å². The third kappa shape index (κ3) is 23.4. The van der Waals surface area contributed by atoms with E-state index < -0.39 is 0 Å². The molecular weight excluding hydrogens is 603 g/mol. The van der Waals surface area contributed by atoms with Gasteiger partial charge in [-0.05, 0) is 56.0 Å². The van der Waals surface area contributed by atoms with Gasteiger partial charge in [0.25, 0.3) is 0 Å². The summed E-state index contributed by atoms with van der Waals surface area (Å²) in [6.45, 7) is 4.54. The molecule has 2 rings (SSSR count). The van der Waals surface area contributed by atoms with E-state index in [2.05, 4.69) is 74.5 Å². The fraction of sp³-hybridized carbons (Fsp3) is 0.628. The average Bonchev–Trinajstić information content (AvgIpc) is 3.07. The molecule has 46 heavy (non-hydrogen) atoms. The van der Waals surface area contributed by atoms with Crippen LogP contribution in [0.5, 0.6) is 0 Å². The summed E-state index contributed by atoms with van der Waals surface area (Å²) >= 11 is 0. The molecule has 2 aromatic rings. The first-order chi connectivity index (χ1) is 22.3. The molecule has 0 aromatic heterocycles. The van der Waals surface area contributed by atoms with E-state index in [9.17, 15) is 0 Å². The van der Waals surface area contributed by atoms with E-state index in [1.165, 1.54) is 135 Å². The Kier molecular flexibility index (Phi) is 28.9. The fourth-order valence-corrected chi connectivity index (χ4v) is 5.97. The molecule has 260 valence electrons. The number of rotatable bonds is 29. The van der Waals surface area contributed by atoms with Crippen molar-refractivity contribution in [2.75, 3.05) is 0 Å². The average molecular weight is 672 g/mol. The first kappa shape index (κ1) is 42.0. The second-order valence-corrected chi connectivity index (χ2v) is 13.1. The number of nitrogens with zero attached hydrogens (tertiary/aromatic N) is 2. The zero-order valence-electron chi connectivity index (χ0n) is 29.8. The summed E-state index contributed by atoms with van der Waals surface area (Å²) < 4.78 is 0. The van der Waals surface area contributed by atoms with E-state index >= 15 is 0 Å². The third-order valence-electron chi connectivity index (χ3n) is 8.84. The number of aliphatic imine (C=N–C) groups is 2. The first-order valence-electron chi connectivity index (χ1n) is 19.3. The van der Waals surface area contributed by atoms with E-state index in [4.69, 9.17) is 9.98 Å². The molecule has 0 aliphatic heterocycles. The van der Waals surface area contributed by atoms with Gasteiger partial charge < -0.3 is 0 Å². The smallest absolute Gasteiger partial charge is 0.0848 e. The number of hydrogen-bond donors (Lipinski definition) is 0. The maximum Gasteiger partial charge on any atom is 0.0848 e. The minimum Gasteiger partial charge on any atom is -0.251 e. The van der Waals surface area contributed by atoms with Gasteiger partial charge in [-0.3, -0.25) is 4.99 Å². The standard InChI is InChI=1S/C43H68N2.Ni/c1-3-5-7-8-9-10-11-12-13-14-15-16-17-18-19-20-21-22-23-24-25-26-33-39-43(45-41-36-31-28-32-37-41)42(38-6-4-2)44-40-34-29-27-30-35-40;/h27-37,39H,3-26,38H2,1-2H3;. The van der Waals surface area contributed by atoms with Crippen LogP contribution >= 0.6 is 0 Å². The molecule has 3 heteroatoms. The molecule has 0 radical (unpaired) electrons. The van der Waals surface area contributed by atoms with E-state index in [1.807, 2.05) is 12.1 Å². The largest absolute Gasteiger partial charge is 0.251 e. The molecule has 0 saturated heterocycles. The maximum absolute atomic E-state index is 5.04. The van der Waals surface area contributed by atoms with Crippen LogP contribution in [0.3, 0.4) is 0 Å². The quantitative estimate of drug-likeness (QED) is 0.0467. The van der Waals surface area contributed by atoms with E-state index in [0.717, 1.165) is 48.5 Å². The Bertz CT molecular complexity index is 1010. The Balaban J connectivity index is 0.0000106. The van der Waals surface area contributed by atoms with Crippen LogP contribution in [0.1, 0.15) is 174 Å². The Morgan fingerprint density at radius 2 is 0.826 bits per heavy atom. The van der Waals surface area contributed by atoms with Crippen molar-refractivity contribution in [1.82, 2.24) is 0 Å². The Labute approximate surface area is 295 Å². The summed E-state index contributed by atoms with van der Waals surface area (Å²) in [7, 11) is 0. The minimum atomic E-state index is 0. The van der Waals surface area contributed by atoms with Crippen molar-refractivity contribution in [3.63, 3.8) is 0 Å². The topological polar surface area (TPSA) is 24.7 Å². The van der Waals surface area contributed by atoms with Gasteiger partial charge >= 0.3 is 0 Å². The van der Waals surface area contributed by atoms with Gasteiger partial charge in [0.2, 0.25) is 0 Å². The van der Waals surface area contributed by atoms with Crippen LogP contribution in [0.25, 0.3) is 0 Å². The Morgan fingerprint density at radius 3 is 1.24 bits per heavy atom. The van der Waals surface area contributed by atoms with Crippen LogP contribution in [0.2, 0.25) is 0 Å². The third-order valence-corrected chi connectivity index (χ3v) is 8.84. The molecule has 0 bridgehead atoms. The maximum atomic E-state index is 5.04. The van der Waals surface area contributed by atoms with Crippen LogP contribution in [0.4, 0.5) is 11.4 Å². The van der Waals surface area contributed by atoms with Crippen LogP contribution in [0.15, 0.2) is 82.8 Å². The van der Waals surface area contributed by atoms with Gasteiger partial charge in [-0.1, -0.05) is 191 Å². The molecule has 2 aromatic carbocycles.